The Kier molecular flexibility index (Phi) is 6.96. The first-order valence-electron chi connectivity index (χ1n) is 4.93. The van der Waals surface area contributed by atoms with Crippen LogP contribution in [0.25, 0.3) is 0 Å². The molecule has 0 aromatic rings. The third kappa shape index (κ3) is 6.23. The van der Waals surface area contributed by atoms with Gasteiger partial charge in [0, 0.05) is 6.54 Å². The lowest BCUT2D eigenvalue weighted by molar-refractivity contribution is -0.0716. The Labute approximate surface area is 84.2 Å². The number of nitrogens with two attached hydrogens (primary N) is 1. The van der Waals surface area contributed by atoms with Crippen molar-refractivity contribution in [2.24, 2.45) is 5.73 Å². The van der Waals surface area contributed by atoms with E-state index in [1.54, 1.807) is 0 Å². The molecule has 0 heterocycles. The number of nitrogens with zero attached hydrogens (tertiary/aromatic N) is 1. The third-order valence-electron chi connectivity index (χ3n) is 2.06. The van der Waals surface area contributed by atoms with Gasteiger partial charge in [0.05, 0.1) is 13.2 Å². The Balaban J connectivity index is 3.45. The predicted octanol–water partition coefficient (Wildman–Crippen LogP) is 0.939. The van der Waals surface area contributed by atoms with E-state index in [9.17, 15) is 8.78 Å². The van der Waals surface area contributed by atoms with Gasteiger partial charge >= 0.3 is 0 Å². The van der Waals surface area contributed by atoms with Crippen molar-refractivity contribution >= 4 is 0 Å². The van der Waals surface area contributed by atoms with Crippen LogP contribution in [0.5, 0.6) is 0 Å². The van der Waals surface area contributed by atoms with E-state index < -0.39 is 19.1 Å². The molecule has 2 N–H and O–H groups in total. The molecule has 0 aromatic heterocycles. The van der Waals surface area contributed by atoms with Crippen molar-refractivity contribution in [3.63, 3.8) is 0 Å². The second kappa shape index (κ2) is 7.09. The fraction of sp³-hybridized carbons (Fsp3) is 1.00. The van der Waals surface area contributed by atoms with Crippen LogP contribution in [0.15, 0.2) is 0 Å². The molecule has 14 heavy (non-hydrogen) atoms. The minimum absolute atomic E-state index is 0.331. The molecule has 3 nitrogen and oxygen atoms in total. The Morgan fingerprint density at radius 1 is 1.29 bits per heavy atom. The first-order valence-corrected chi connectivity index (χ1v) is 4.93. The van der Waals surface area contributed by atoms with Crippen LogP contribution in [0.3, 0.4) is 0 Å². The largest absolute Gasteiger partial charge is 0.374 e. The van der Waals surface area contributed by atoms with Gasteiger partial charge in [0.1, 0.15) is 6.61 Å². The normalized spacial score (nSPS) is 12.4. The maximum Gasteiger partial charge on any atom is 0.282 e. The van der Waals surface area contributed by atoms with Gasteiger partial charge in [0.15, 0.2) is 0 Å². The summed E-state index contributed by atoms with van der Waals surface area (Å²) in [4.78, 5) is 2.11. The molecule has 0 saturated heterocycles. The molecule has 0 aliphatic rings. The molecular weight excluding hydrogens is 190 g/mol. The molecule has 0 saturated carbocycles. The lowest BCUT2D eigenvalue weighted by Gasteiger charge is -2.19. The highest BCUT2D eigenvalue weighted by Gasteiger charge is 2.26. The fourth-order valence-electron chi connectivity index (χ4n) is 1.01. The van der Waals surface area contributed by atoms with E-state index >= 15 is 0 Å². The van der Waals surface area contributed by atoms with Crippen molar-refractivity contribution in [2.45, 2.75) is 19.8 Å². The SMILES string of the molecule is CCN(CC)CCOCC(F)(F)CN. The van der Waals surface area contributed by atoms with Crippen LogP contribution in [0.4, 0.5) is 8.78 Å². The Hall–Kier alpha value is -0.260. The first-order chi connectivity index (χ1) is 6.55. The molecule has 0 aliphatic carbocycles. The van der Waals surface area contributed by atoms with Gasteiger partial charge in [-0.2, -0.15) is 0 Å². The van der Waals surface area contributed by atoms with Crippen molar-refractivity contribution in [3.05, 3.63) is 0 Å². The van der Waals surface area contributed by atoms with E-state index in [0.29, 0.717) is 13.2 Å². The predicted molar refractivity (Wildman–Crippen MR) is 52.6 cm³/mol. The molecule has 0 bridgehead atoms. The zero-order chi connectivity index (χ0) is 11.0. The summed E-state index contributed by atoms with van der Waals surface area (Å²) in [5.41, 5.74) is 4.86. The molecule has 0 atom stereocenters. The van der Waals surface area contributed by atoms with Crippen LogP contribution >= 0.6 is 0 Å². The molecule has 0 radical (unpaired) electrons. The Bertz CT molecular complexity index is 141. The molecule has 0 aromatic carbocycles. The fourth-order valence-corrected chi connectivity index (χ4v) is 1.01. The van der Waals surface area contributed by atoms with E-state index in [1.807, 2.05) is 13.8 Å². The summed E-state index contributed by atoms with van der Waals surface area (Å²) >= 11 is 0. The van der Waals surface area contributed by atoms with Crippen LogP contribution in [-0.2, 0) is 4.74 Å². The number of hydrogen-bond donors (Lipinski definition) is 1. The van der Waals surface area contributed by atoms with E-state index in [2.05, 4.69) is 4.90 Å². The summed E-state index contributed by atoms with van der Waals surface area (Å²) in [6, 6.07) is 0. The topological polar surface area (TPSA) is 38.5 Å². The van der Waals surface area contributed by atoms with Gasteiger partial charge in [-0.05, 0) is 13.1 Å². The van der Waals surface area contributed by atoms with Gasteiger partial charge in [-0.25, -0.2) is 8.78 Å². The lowest BCUT2D eigenvalue weighted by atomic mass is 10.4. The quantitative estimate of drug-likeness (QED) is 0.606. The maximum atomic E-state index is 12.6. The van der Waals surface area contributed by atoms with E-state index in [0.717, 1.165) is 13.1 Å². The number of rotatable bonds is 8. The summed E-state index contributed by atoms with van der Waals surface area (Å²) in [5.74, 6) is -2.89. The van der Waals surface area contributed by atoms with Gasteiger partial charge < -0.3 is 15.4 Å². The van der Waals surface area contributed by atoms with Crippen molar-refractivity contribution < 1.29 is 13.5 Å². The molecule has 0 unspecified atom stereocenters. The first kappa shape index (κ1) is 13.7. The van der Waals surface area contributed by atoms with Gasteiger partial charge in [-0.3, -0.25) is 0 Å². The van der Waals surface area contributed by atoms with Gasteiger partial charge in [-0.15, -0.1) is 0 Å². The Morgan fingerprint density at radius 2 is 1.86 bits per heavy atom. The van der Waals surface area contributed by atoms with Crippen LogP contribution in [0.2, 0.25) is 0 Å². The highest BCUT2D eigenvalue weighted by atomic mass is 19.3. The number of likely N-dealkylation sites (N-methyl/N-ethyl adjacent to an activating group) is 1. The summed E-state index contributed by atoms with van der Waals surface area (Å²) in [6.07, 6.45) is 0. The van der Waals surface area contributed by atoms with Crippen molar-refractivity contribution in [2.75, 3.05) is 39.4 Å². The molecule has 0 rings (SSSR count). The number of halogens is 2. The lowest BCUT2D eigenvalue weighted by Crippen LogP contribution is -2.35. The second-order valence-corrected chi connectivity index (χ2v) is 3.14. The molecule has 5 heteroatoms. The van der Waals surface area contributed by atoms with Crippen LogP contribution in [0, 0.1) is 0 Å². The van der Waals surface area contributed by atoms with E-state index in [-0.39, 0.29) is 0 Å². The van der Waals surface area contributed by atoms with Gasteiger partial charge in [0.25, 0.3) is 5.92 Å². The van der Waals surface area contributed by atoms with Gasteiger partial charge in [0.2, 0.25) is 0 Å². The minimum Gasteiger partial charge on any atom is -0.374 e. The molecule has 0 fully saturated rings. The number of ether oxygens (including phenoxy) is 1. The summed E-state index contributed by atoms with van der Waals surface area (Å²) in [7, 11) is 0. The molecule has 0 spiro atoms. The molecule has 86 valence electrons. The van der Waals surface area contributed by atoms with Crippen molar-refractivity contribution in [1.29, 1.82) is 0 Å². The van der Waals surface area contributed by atoms with Crippen LogP contribution in [-0.4, -0.2) is 50.2 Å². The van der Waals surface area contributed by atoms with Crippen LogP contribution in [0.1, 0.15) is 13.8 Å². The van der Waals surface area contributed by atoms with Gasteiger partial charge in [-0.1, -0.05) is 13.8 Å². The van der Waals surface area contributed by atoms with Crippen LogP contribution < -0.4 is 5.73 Å². The number of alkyl halides is 2. The average molecular weight is 210 g/mol. The molecule has 0 amide bonds. The second-order valence-electron chi connectivity index (χ2n) is 3.14. The smallest absolute Gasteiger partial charge is 0.282 e. The third-order valence-corrected chi connectivity index (χ3v) is 2.06. The molecular formula is C9H20F2N2O. The monoisotopic (exact) mass is 210 g/mol. The standard InChI is InChI=1S/C9H20F2N2O/c1-3-13(4-2)5-6-14-8-9(10,11)7-12/h3-8,12H2,1-2H3. The summed E-state index contributed by atoms with van der Waals surface area (Å²) in [5, 5.41) is 0. The van der Waals surface area contributed by atoms with Crippen molar-refractivity contribution in [3.8, 4) is 0 Å². The Morgan fingerprint density at radius 3 is 2.29 bits per heavy atom. The molecule has 0 aliphatic heterocycles. The average Bonchev–Trinajstić information content (AvgIpc) is 2.18. The van der Waals surface area contributed by atoms with Crippen molar-refractivity contribution in [1.82, 2.24) is 4.90 Å². The maximum absolute atomic E-state index is 12.6. The number of hydrogen-bond acceptors (Lipinski definition) is 3. The minimum atomic E-state index is -2.89. The highest BCUT2D eigenvalue weighted by Crippen LogP contribution is 2.10. The van der Waals surface area contributed by atoms with E-state index in [1.165, 1.54) is 0 Å². The zero-order valence-electron chi connectivity index (χ0n) is 8.93. The van der Waals surface area contributed by atoms with E-state index in [4.69, 9.17) is 10.5 Å². The zero-order valence-corrected chi connectivity index (χ0v) is 8.93. The summed E-state index contributed by atoms with van der Waals surface area (Å²) < 4.78 is 30.0. The highest BCUT2D eigenvalue weighted by molar-refractivity contribution is 4.65. The summed E-state index contributed by atoms with van der Waals surface area (Å²) in [6.45, 7) is 5.66.